The highest BCUT2D eigenvalue weighted by molar-refractivity contribution is 7.89. The number of nitrogens with two attached hydrogens (primary N) is 1. The van der Waals surface area contributed by atoms with Gasteiger partial charge >= 0.3 is 0 Å². The molecule has 0 saturated heterocycles. The molecular formula is C9H10N2O2S. The van der Waals surface area contributed by atoms with Crippen LogP contribution < -0.4 is 10.5 Å². The summed E-state index contributed by atoms with van der Waals surface area (Å²) in [6.45, 7) is 0.709. The molecule has 0 unspecified atom stereocenters. The van der Waals surface area contributed by atoms with Gasteiger partial charge in [-0.15, -0.1) is 0 Å². The van der Waals surface area contributed by atoms with E-state index in [1.807, 2.05) is 12.1 Å². The van der Waals surface area contributed by atoms with Crippen LogP contribution in [0.2, 0.25) is 0 Å². The highest BCUT2D eigenvalue weighted by Crippen LogP contribution is 2.26. The van der Waals surface area contributed by atoms with E-state index < -0.39 is 10.0 Å². The smallest absolute Gasteiger partial charge is 0.238 e. The Kier molecular flexibility index (Phi) is 2.05. The molecule has 1 heterocycles. The molecule has 0 amide bonds. The quantitative estimate of drug-likeness (QED) is 0.719. The number of hydrogen-bond acceptors (Lipinski definition) is 3. The van der Waals surface area contributed by atoms with Gasteiger partial charge in [0.2, 0.25) is 10.0 Å². The monoisotopic (exact) mass is 210 g/mol. The van der Waals surface area contributed by atoms with E-state index in [0.717, 1.165) is 5.69 Å². The van der Waals surface area contributed by atoms with Crippen LogP contribution in [0.15, 0.2) is 29.2 Å². The van der Waals surface area contributed by atoms with E-state index in [0.29, 0.717) is 12.1 Å². The first-order valence-corrected chi connectivity index (χ1v) is 5.70. The number of anilines is 1. The van der Waals surface area contributed by atoms with Crippen LogP contribution in [0.1, 0.15) is 5.56 Å². The molecular weight excluding hydrogens is 200 g/mol. The maximum atomic E-state index is 11.2. The number of primary sulfonamides is 1. The molecule has 0 saturated carbocycles. The number of benzene rings is 1. The van der Waals surface area contributed by atoms with Crippen molar-refractivity contribution in [2.45, 2.75) is 4.90 Å². The van der Waals surface area contributed by atoms with E-state index in [2.05, 4.69) is 5.32 Å². The van der Waals surface area contributed by atoms with Gasteiger partial charge in [-0.2, -0.15) is 0 Å². The predicted octanol–water partition coefficient (Wildman–Crippen LogP) is 0.773. The van der Waals surface area contributed by atoms with E-state index in [-0.39, 0.29) is 4.90 Å². The molecule has 74 valence electrons. The fraction of sp³-hybridized carbons (Fsp3) is 0.111. The molecule has 0 radical (unpaired) electrons. The van der Waals surface area contributed by atoms with Gasteiger partial charge in [0.25, 0.3) is 0 Å². The Balaban J connectivity index is 2.71. The summed E-state index contributed by atoms with van der Waals surface area (Å²) in [5.41, 5.74) is 1.44. The maximum absolute atomic E-state index is 11.2. The van der Waals surface area contributed by atoms with Crippen molar-refractivity contribution in [3.63, 3.8) is 0 Å². The molecule has 2 rings (SSSR count). The number of fused-ring (bicyclic) bond motifs is 1. The van der Waals surface area contributed by atoms with Crippen molar-refractivity contribution in [2.75, 3.05) is 11.9 Å². The SMILES string of the molecule is NS(=O)(=O)c1cccc2c1C=CCN2. The largest absolute Gasteiger partial charge is 0.381 e. The van der Waals surface area contributed by atoms with Crippen LogP contribution in [0.4, 0.5) is 5.69 Å². The third-order valence-electron chi connectivity index (χ3n) is 2.07. The standard InChI is InChI=1S/C9H10N2O2S/c10-14(12,13)9-5-1-4-8-7(9)3-2-6-11-8/h1-5,11H,6H2,(H2,10,12,13). The average molecular weight is 210 g/mol. The Bertz CT molecular complexity index is 492. The van der Waals surface area contributed by atoms with Crippen LogP contribution in [-0.4, -0.2) is 15.0 Å². The normalized spacial score (nSPS) is 14.6. The van der Waals surface area contributed by atoms with Gasteiger partial charge < -0.3 is 5.32 Å². The molecule has 0 bridgehead atoms. The van der Waals surface area contributed by atoms with E-state index >= 15 is 0 Å². The summed E-state index contributed by atoms with van der Waals surface area (Å²) < 4.78 is 22.4. The molecule has 0 aromatic heterocycles. The number of nitrogens with one attached hydrogen (secondary N) is 1. The molecule has 1 aromatic carbocycles. The molecule has 0 fully saturated rings. The topological polar surface area (TPSA) is 72.2 Å². The van der Waals surface area contributed by atoms with Gasteiger partial charge in [-0.05, 0) is 12.1 Å². The van der Waals surface area contributed by atoms with Gasteiger partial charge in [0.1, 0.15) is 0 Å². The molecule has 0 spiro atoms. The first kappa shape index (κ1) is 9.23. The lowest BCUT2D eigenvalue weighted by molar-refractivity contribution is 0.597. The Morgan fingerprint density at radius 2 is 2.14 bits per heavy atom. The molecule has 1 aliphatic heterocycles. The Hall–Kier alpha value is -1.33. The lowest BCUT2D eigenvalue weighted by Crippen LogP contribution is -2.16. The summed E-state index contributed by atoms with van der Waals surface area (Å²) in [5, 5.41) is 8.16. The van der Waals surface area contributed by atoms with Crippen molar-refractivity contribution in [2.24, 2.45) is 5.14 Å². The van der Waals surface area contributed by atoms with Crippen LogP contribution in [0.25, 0.3) is 6.08 Å². The zero-order valence-electron chi connectivity index (χ0n) is 7.40. The zero-order valence-corrected chi connectivity index (χ0v) is 8.21. The van der Waals surface area contributed by atoms with E-state index in [1.165, 1.54) is 6.07 Å². The first-order valence-electron chi connectivity index (χ1n) is 4.15. The maximum Gasteiger partial charge on any atom is 0.238 e. The summed E-state index contributed by atoms with van der Waals surface area (Å²) in [6, 6.07) is 5.00. The second-order valence-corrected chi connectivity index (χ2v) is 4.58. The Morgan fingerprint density at radius 1 is 1.36 bits per heavy atom. The molecule has 1 aromatic rings. The van der Waals surface area contributed by atoms with Gasteiger partial charge in [-0.25, -0.2) is 13.6 Å². The highest BCUT2D eigenvalue weighted by atomic mass is 32.2. The second kappa shape index (κ2) is 3.11. The Labute approximate surface area is 82.5 Å². The van der Waals surface area contributed by atoms with Crippen LogP contribution in [0.5, 0.6) is 0 Å². The summed E-state index contributed by atoms with van der Waals surface area (Å²) in [5.74, 6) is 0. The zero-order chi connectivity index (χ0) is 10.2. The van der Waals surface area contributed by atoms with Gasteiger partial charge in [0, 0.05) is 17.8 Å². The van der Waals surface area contributed by atoms with Crippen LogP contribution >= 0.6 is 0 Å². The second-order valence-electron chi connectivity index (χ2n) is 3.05. The molecule has 14 heavy (non-hydrogen) atoms. The summed E-state index contributed by atoms with van der Waals surface area (Å²) in [4.78, 5) is 0.165. The van der Waals surface area contributed by atoms with Crippen molar-refractivity contribution in [1.29, 1.82) is 0 Å². The minimum atomic E-state index is -3.64. The number of hydrogen-bond donors (Lipinski definition) is 2. The van der Waals surface area contributed by atoms with Gasteiger partial charge in [0.05, 0.1) is 4.90 Å². The summed E-state index contributed by atoms with van der Waals surface area (Å²) in [7, 11) is -3.64. The van der Waals surface area contributed by atoms with E-state index in [9.17, 15) is 8.42 Å². The van der Waals surface area contributed by atoms with E-state index in [1.54, 1.807) is 12.1 Å². The van der Waals surface area contributed by atoms with Crippen molar-refractivity contribution in [1.82, 2.24) is 0 Å². The van der Waals surface area contributed by atoms with E-state index in [4.69, 9.17) is 5.14 Å². The number of sulfonamides is 1. The minimum absolute atomic E-state index is 0.165. The predicted molar refractivity (Wildman–Crippen MR) is 55.3 cm³/mol. The third kappa shape index (κ3) is 1.51. The lowest BCUT2D eigenvalue weighted by Gasteiger charge is -2.15. The van der Waals surface area contributed by atoms with Crippen molar-refractivity contribution >= 4 is 21.8 Å². The van der Waals surface area contributed by atoms with Crippen molar-refractivity contribution < 1.29 is 8.42 Å². The molecule has 4 nitrogen and oxygen atoms in total. The summed E-state index contributed by atoms with van der Waals surface area (Å²) in [6.07, 6.45) is 3.63. The fourth-order valence-electron chi connectivity index (χ4n) is 1.46. The molecule has 1 aliphatic rings. The molecule has 0 atom stereocenters. The van der Waals surface area contributed by atoms with Gasteiger partial charge in [-0.3, -0.25) is 0 Å². The first-order chi connectivity index (χ1) is 6.59. The molecule has 3 N–H and O–H groups in total. The lowest BCUT2D eigenvalue weighted by atomic mass is 10.1. The van der Waals surface area contributed by atoms with Gasteiger partial charge in [0.15, 0.2) is 0 Å². The van der Waals surface area contributed by atoms with Gasteiger partial charge in [-0.1, -0.05) is 18.2 Å². The average Bonchev–Trinajstić information content (AvgIpc) is 2.15. The molecule has 5 heteroatoms. The number of rotatable bonds is 1. The minimum Gasteiger partial charge on any atom is -0.381 e. The molecule has 0 aliphatic carbocycles. The summed E-state index contributed by atoms with van der Waals surface area (Å²) >= 11 is 0. The fourth-order valence-corrected chi connectivity index (χ4v) is 2.22. The Morgan fingerprint density at radius 3 is 2.86 bits per heavy atom. The van der Waals surface area contributed by atoms with Crippen molar-refractivity contribution in [3.8, 4) is 0 Å². The highest BCUT2D eigenvalue weighted by Gasteiger charge is 2.16. The third-order valence-corrected chi connectivity index (χ3v) is 3.04. The van der Waals surface area contributed by atoms with Crippen LogP contribution in [-0.2, 0) is 10.0 Å². The van der Waals surface area contributed by atoms with Crippen molar-refractivity contribution in [3.05, 3.63) is 29.8 Å². The van der Waals surface area contributed by atoms with Crippen LogP contribution in [0, 0.1) is 0 Å². The van der Waals surface area contributed by atoms with Crippen LogP contribution in [0.3, 0.4) is 0 Å².